The van der Waals surface area contributed by atoms with Gasteiger partial charge in [0, 0.05) is 45.9 Å². The monoisotopic (exact) mass is 438 g/mol. The molecular weight excluding hydrogens is 408 g/mol. The molecule has 5 rings (SSSR count). The molecule has 1 aromatic heterocycles. The molecule has 2 aromatic rings. The molecule has 4 heterocycles. The number of aryl methyl sites for hydroxylation is 1. The number of likely N-dealkylation sites (tertiary alicyclic amines) is 1. The van der Waals surface area contributed by atoms with Gasteiger partial charge in [-0.15, -0.1) is 0 Å². The number of fused-ring (bicyclic) bond motifs is 1. The van der Waals surface area contributed by atoms with Crippen molar-refractivity contribution in [2.75, 3.05) is 38.3 Å². The number of likely N-dealkylation sites (N-methyl/N-ethyl adjacent to an activating group) is 1. The smallest absolute Gasteiger partial charge is 0.274 e. The summed E-state index contributed by atoms with van der Waals surface area (Å²) in [6, 6.07) is 9.66. The summed E-state index contributed by atoms with van der Waals surface area (Å²) in [5, 5.41) is 0. The SMILES string of the molecule is CN(C(=O)Cc1ccccc1)c1nc2n(c1C(=O)N1CCC3(CC1)OCCO3)CCCC2. The van der Waals surface area contributed by atoms with E-state index < -0.39 is 5.79 Å². The van der Waals surface area contributed by atoms with E-state index in [1.807, 2.05) is 39.8 Å². The predicted octanol–water partition coefficient (Wildman–Crippen LogP) is 2.40. The second-order valence-corrected chi connectivity index (χ2v) is 8.82. The highest BCUT2D eigenvalue weighted by Crippen LogP contribution is 2.33. The lowest BCUT2D eigenvalue weighted by Crippen LogP contribution is -2.48. The lowest BCUT2D eigenvalue weighted by Gasteiger charge is -2.37. The summed E-state index contributed by atoms with van der Waals surface area (Å²) in [7, 11) is 1.72. The first-order chi connectivity index (χ1) is 15.6. The van der Waals surface area contributed by atoms with Gasteiger partial charge in [0.15, 0.2) is 17.3 Å². The average molecular weight is 439 g/mol. The highest BCUT2D eigenvalue weighted by atomic mass is 16.7. The third-order valence-corrected chi connectivity index (χ3v) is 6.78. The molecule has 3 aliphatic rings. The minimum absolute atomic E-state index is 0.0622. The standard InChI is InChI=1S/C24H30N4O4/c1-26(20(29)17-18-7-3-2-4-8-18)22-21(28-12-6-5-9-19(28)25-22)23(30)27-13-10-24(11-14-27)31-15-16-32-24/h2-4,7-8H,5-6,9-17H2,1H3. The first-order valence-corrected chi connectivity index (χ1v) is 11.5. The van der Waals surface area contributed by atoms with Crippen LogP contribution in [-0.4, -0.2) is 65.4 Å². The summed E-state index contributed by atoms with van der Waals surface area (Å²) < 4.78 is 13.6. The summed E-state index contributed by atoms with van der Waals surface area (Å²) in [6.07, 6.45) is 4.48. The van der Waals surface area contributed by atoms with Gasteiger partial charge < -0.3 is 18.9 Å². The number of imidazole rings is 1. The molecule has 2 amide bonds. The molecule has 0 N–H and O–H groups in total. The van der Waals surface area contributed by atoms with Crippen molar-refractivity contribution in [3.63, 3.8) is 0 Å². The van der Waals surface area contributed by atoms with Crippen LogP contribution in [0.15, 0.2) is 30.3 Å². The Bertz CT molecular complexity index is 987. The molecule has 0 radical (unpaired) electrons. The minimum Gasteiger partial charge on any atom is -0.347 e. The molecule has 8 heteroatoms. The molecule has 8 nitrogen and oxygen atoms in total. The Hall–Kier alpha value is -2.71. The zero-order valence-electron chi connectivity index (χ0n) is 18.6. The van der Waals surface area contributed by atoms with E-state index in [1.54, 1.807) is 11.9 Å². The number of carbonyl (C=O) groups is 2. The number of anilines is 1. The van der Waals surface area contributed by atoms with E-state index in [-0.39, 0.29) is 18.2 Å². The molecule has 170 valence electrons. The van der Waals surface area contributed by atoms with Crippen molar-refractivity contribution in [3.8, 4) is 0 Å². The zero-order chi connectivity index (χ0) is 22.1. The number of rotatable bonds is 4. The molecule has 0 bridgehead atoms. The molecule has 0 saturated carbocycles. The molecule has 2 saturated heterocycles. The fourth-order valence-corrected chi connectivity index (χ4v) is 4.91. The van der Waals surface area contributed by atoms with E-state index >= 15 is 0 Å². The van der Waals surface area contributed by atoms with E-state index in [0.717, 1.165) is 37.2 Å². The maximum Gasteiger partial charge on any atom is 0.274 e. The maximum absolute atomic E-state index is 13.7. The van der Waals surface area contributed by atoms with Gasteiger partial charge in [0.2, 0.25) is 5.91 Å². The summed E-state index contributed by atoms with van der Waals surface area (Å²) >= 11 is 0. The number of piperidine rings is 1. The molecule has 0 aliphatic carbocycles. The predicted molar refractivity (Wildman–Crippen MR) is 118 cm³/mol. The Labute approximate surface area is 188 Å². The number of benzene rings is 1. The lowest BCUT2D eigenvalue weighted by molar-refractivity contribution is -0.181. The largest absolute Gasteiger partial charge is 0.347 e. The molecule has 32 heavy (non-hydrogen) atoms. The molecule has 1 aromatic carbocycles. The Morgan fingerprint density at radius 1 is 1.06 bits per heavy atom. The molecule has 2 fully saturated rings. The fraction of sp³-hybridized carbons (Fsp3) is 0.542. The van der Waals surface area contributed by atoms with Crippen LogP contribution in [0.4, 0.5) is 5.82 Å². The lowest BCUT2D eigenvalue weighted by atomic mass is 10.0. The first-order valence-electron chi connectivity index (χ1n) is 11.5. The van der Waals surface area contributed by atoms with E-state index in [9.17, 15) is 9.59 Å². The van der Waals surface area contributed by atoms with Crippen LogP contribution in [0.3, 0.4) is 0 Å². The van der Waals surface area contributed by atoms with Gasteiger partial charge in [-0.1, -0.05) is 30.3 Å². The van der Waals surface area contributed by atoms with Crippen LogP contribution in [0, 0.1) is 0 Å². The van der Waals surface area contributed by atoms with Crippen LogP contribution in [0.5, 0.6) is 0 Å². The van der Waals surface area contributed by atoms with Gasteiger partial charge in [0.05, 0.1) is 19.6 Å². The van der Waals surface area contributed by atoms with Gasteiger partial charge in [0.25, 0.3) is 5.91 Å². The van der Waals surface area contributed by atoms with Crippen molar-refractivity contribution >= 4 is 17.6 Å². The van der Waals surface area contributed by atoms with Gasteiger partial charge in [-0.25, -0.2) is 4.98 Å². The van der Waals surface area contributed by atoms with Gasteiger partial charge in [-0.2, -0.15) is 0 Å². The highest BCUT2D eigenvalue weighted by Gasteiger charge is 2.42. The molecule has 0 atom stereocenters. The van der Waals surface area contributed by atoms with E-state index in [2.05, 4.69) is 0 Å². The summed E-state index contributed by atoms with van der Waals surface area (Å²) in [5.74, 6) is 0.698. The number of nitrogens with zero attached hydrogens (tertiary/aromatic N) is 4. The molecule has 0 unspecified atom stereocenters. The third kappa shape index (κ3) is 3.93. The average Bonchev–Trinajstić information content (AvgIpc) is 3.44. The summed E-state index contributed by atoms with van der Waals surface area (Å²) in [4.78, 5) is 34.9. The van der Waals surface area contributed by atoms with Crippen molar-refractivity contribution in [1.29, 1.82) is 0 Å². The summed E-state index contributed by atoms with van der Waals surface area (Å²) in [6.45, 7) is 3.13. The molecular formula is C24H30N4O4. The number of aromatic nitrogens is 2. The van der Waals surface area contributed by atoms with Crippen molar-refractivity contribution in [1.82, 2.24) is 14.5 Å². The van der Waals surface area contributed by atoms with Crippen molar-refractivity contribution < 1.29 is 19.1 Å². The topological polar surface area (TPSA) is 76.9 Å². The van der Waals surface area contributed by atoms with Crippen LogP contribution in [-0.2, 0) is 33.7 Å². The Morgan fingerprint density at radius 2 is 1.78 bits per heavy atom. The van der Waals surface area contributed by atoms with Crippen molar-refractivity contribution in [2.24, 2.45) is 0 Å². The van der Waals surface area contributed by atoms with Gasteiger partial charge in [0.1, 0.15) is 5.82 Å². The van der Waals surface area contributed by atoms with Gasteiger partial charge in [-0.3, -0.25) is 14.5 Å². The third-order valence-electron chi connectivity index (χ3n) is 6.78. The maximum atomic E-state index is 13.7. The minimum atomic E-state index is -0.529. The van der Waals surface area contributed by atoms with E-state index in [4.69, 9.17) is 14.5 Å². The number of hydrogen-bond acceptors (Lipinski definition) is 5. The normalized spacial score (nSPS) is 19.7. The number of ether oxygens (including phenoxy) is 2. The highest BCUT2D eigenvalue weighted by molar-refractivity contribution is 6.03. The van der Waals surface area contributed by atoms with Crippen LogP contribution in [0.1, 0.15) is 47.6 Å². The van der Waals surface area contributed by atoms with Crippen LogP contribution < -0.4 is 4.90 Å². The number of carbonyl (C=O) groups excluding carboxylic acids is 2. The second-order valence-electron chi connectivity index (χ2n) is 8.82. The number of amides is 2. The van der Waals surface area contributed by atoms with E-state index in [0.29, 0.717) is 50.7 Å². The number of hydrogen-bond donors (Lipinski definition) is 0. The Balaban J connectivity index is 1.39. The van der Waals surface area contributed by atoms with Gasteiger partial charge >= 0.3 is 0 Å². The Kier molecular flexibility index (Phi) is 5.73. The molecule has 1 spiro atoms. The van der Waals surface area contributed by atoms with Crippen LogP contribution in [0.2, 0.25) is 0 Å². The first kappa shape index (κ1) is 21.2. The van der Waals surface area contributed by atoms with Gasteiger partial charge in [-0.05, 0) is 18.4 Å². The van der Waals surface area contributed by atoms with Crippen molar-refractivity contribution in [3.05, 3.63) is 47.4 Å². The fourth-order valence-electron chi connectivity index (χ4n) is 4.91. The van der Waals surface area contributed by atoms with E-state index in [1.165, 1.54) is 0 Å². The molecule has 3 aliphatic heterocycles. The van der Waals surface area contributed by atoms with Crippen LogP contribution >= 0.6 is 0 Å². The summed E-state index contributed by atoms with van der Waals surface area (Å²) in [5.41, 5.74) is 1.48. The van der Waals surface area contributed by atoms with Crippen molar-refractivity contribution in [2.45, 2.75) is 50.9 Å². The quantitative estimate of drug-likeness (QED) is 0.733. The zero-order valence-corrected chi connectivity index (χ0v) is 18.6. The second kappa shape index (κ2) is 8.67. The van der Waals surface area contributed by atoms with Crippen LogP contribution in [0.25, 0.3) is 0 Å². The Morgan fingerprint density at radius 3 is 2.50 bits per heavy atom.